The summed E-state index contributed by atoms with van der Waals surface area (Å²) in [5.41, 5.74) is 3.33. The van der Waals surface area contributed by atoms with Crippen molar-refractivity contribution in [3.8, 4) is 11.1 Å². The summed E-state index contributed by atoms with van der Waals surface area (Å²) in [6.07, 6.45) is 0. The molecular formula is C15H14F. The largest absolute Gasteiger partial charge is 0.207 e. The van der Waals surface area contributed by atoms with Gasteiger partial charge in [-0.1, -0.05) is 44.2 Å². The van der Waals surface area contributed by atoms with Crippen LogP contribution >= 0.6 is 0 Å². The van der Waals surface area contributed by atoms with Crippen LogP contribution in [-0.2, 0) is 0 Å². The third kappa shape index (κ3) is 2.13. The maximum Gasteiger partial charge on any atom is 0.123 e. The Hall–Kier alpha value is -1.63. The first-order valence-electron chi connectivity index (χ1n) is 5.45. The highest BCUT2D eigenvalue weighted by Crippen LogP contribution is 2.28. The summed E-state index contributed by atoms with van der Waals surface area (Å²) >= 11 is 0. The van der Waals surface area contributed by atoms with Gasteiger partial charge >= 0.3 is 0 Å². The first kappa shape index (κ1) is 10.9. The van der Waals surface area contributed by atoms with Gasteiger partial charge in [0.2, 0.25) is 0 Å². The first-order valence-corrected chi connectivity index (χ1v) is 5.45. The van der Waals surface area contributed by atoms with Gasteiger partial charge in [0, 0.05) is 0 Å². The van der Waals surface area contributed by atoms with Crippen LogP contribution in [0.3, 0.4) is 0 Å². The van der Waals surface area contributed by atoms with Crippen LogP contribution in [0.15, 0.2) is 42.5 Å². The Morgan fingerprint density at radius 2 is 1.75 bits per heavy atom. The number of rotatable bonds is 2. The molecule has 0 spiro atoms. The first-order chi connectivity index (χ1) is 7.68. The monoisotopic (exact) mass is 213 g/mol. The quantitative estimate of drug-likeness (QED) is 0.692. The molecule has 1 radical (unpaired) electrons. The van der Waals surface area contributed by atoms with E-state index in [1.807, 2.05) is 12.1 Å². The maximum atomic E-state index is 12.9. The topological polar surface area (TPSA) is 0 Å². The van der Waals surface area contributed by atoms with Gasteiger partial charge in [0.1, 0.15) is 5.82 Å². The van der Waals surface area contributed by atoms with E-state index in [2.05, 4.69) is 26.0 Å². The fourth-order valence-corrected chi connectivity index (χ4v) is 1.80. The SMILES string of the molecule is CC(C)c1ccc[c]c1-c1ccc(F)cc1. The Kier molecular flexibility index (Phi) is 3.04. The molecule has 16 heavy (non-hydrogen) atoms. The van der Waals surface area contributed by atoms with E-state index in [1.54, 1.807) is 12.1 Å². The van der Waals surface area contributed by atoms with Crippen molar-refractivity contribution in [2.75, 3.05) is 0 Å². The number of hydrogen-bond donors (Lipinski definition) is 0. The summed E-state index contributed by atoms with van der Waals surface area (Å²) < 4.78 is 12.9. The molecule has 2 rings (SSSR count). The van der Waals surface area contributed by atoms with Crippen molar-refractivity contribution in [3.05, 3.63) is 59.9 Å². The molecule has 2 aromatic carbocycles. The molecule has 0 saturated heterocycles. The molecule has 0 aromatic heterocycles. The van der Waals surface area contributed by atoms with Gasteiger partial charge in [-0.25, -0.2) is 4.39 Å². The Morgan fingerprint density at radius 1 is 1.06 bits per heavy atom. The third-order valence-corrected chi connectivity index (χ3v) is 2.64. The van der Waals surface area contributed by atoms with Gasteiger partial charge in [-0.05, 0) is 40.8 Å². The fraction of sp³-hybridized carbons (Fsp3) is 0.200. The lowest BCUT2D eigenvalue weighted by Gasteiger charge is -2.12. The van der Waals surface area contributed by atoms with Crippen molar-refractivity contribution in [1.82, 2.24) is 0 Å². The molecular weight excluding hydrogens is 199 g/mol. The molecule has 0 aliphatic heterocycles. The Morgan fingerprint density at radius 3 is 2.38 bits per heavy atom. The van der Waals surface area contributed by atoms with Crippen LogP contribution in [0.4, 0.5) is 4.39 Å². The van der Waals surface area contributed by atoms with Crippen LogP contribution in [0.2, 0.25) is 0 Å². The summed E-state index contributed by atoms with van der Waals surface area (Å²) in [6, 6.07) is 15.8. The standard InChI is InChI=1S/C15H14F/c1-11(2)14-5-3-4-6-15(14)12-7-9-13(16)10-8-12/h3-5,7-11H,1-2H3. The predicted octanol–water partition coefficient (Wildman–Crippen LogP) is 4.42. The molecule has 0 bridgehead atoms. The lowest BCUT2D eigenvalue weighted by Crippen LogP contribution is -1.92. The van der Waals surface area contributed by atoms with Gasteiger partial charge in [0.15, 0.2) is 0 Å². The minimum absolute atomic E-state index is 0.203. The number of benzene rings is 2. The lowest BCUT2D eigenvalue weighted by atomic mass is 9.93. The summed E-state index contributed by atoms with van der Waals surface area (Å²) in [5.74, 6) is 0.239. The van der Waals surface area contributed by atoms with Crippen molar-refractivity contribution in [2.24, 2.45) is 0 Å². The smallest absolute Gasteiger partial charge is 0.123 e. The van der Waals surface area contributed by atoms with Crippen LogP contribution in [0.5, 0.6) is 0 Å². The van der Waals surface area contributed by atoms with Gasteiger partial charge < -0.3 is 0 Å². The molecule has 0 aliphatic rings. The van der Waals surface area contributed by atoms with E-state index in [4.69, 9.17) is 0 Å². The molecule has 1 heteroatoms. The minimum atomic E-state index is -0.203. The van der Waals surface area contributed by atoms with Gasteiger partial charge in [0.25, 0.3) is 0 Å². The van der Waals surface area contributed by atoms with Gasteiger partial charge in [-0.2, -0.15) is 0 Å². The van der Waals surface area contributed by atoms with Crippen molar-refractivity contribution in [1.29, 1.82) is 0 Å². The highest BCUT2D eigenvalue weighted by molar-refractivity contribution is 5.67. The van der Waals surface area contributed by atoms with Gasteiger partial charge in [0.05, 0.1) is 0 Å². The predicted molar refractivity (Wildman–Crippen MR) is 64.8 cm³/mol. The zero-order valence-corrected chi connectivity index (χ0v) is 9.50. The van der Waals surface area contributed by atoms with E-state index in [9.17, 15) is 4.39 Å². The highest BCUT2D eigenvalue weighted by Gasteiger charge is 2.07. The Balaban J connectivity index is 2.51. The second-order valence-corrected chi connectivity index (χ2v) is 4.16. The molecule has 0 unspecified atom stereocenters. The zero-order valence-electron chi connectivity index (χ0n) is 9.50. The lowest BCUT2D eigenvalue weighted by molar-refractivity contribution is 0.628. The van der Waals surface area contributed by atoms with Crippen LogP contribution in [0.1, 0.15) is 25.3 Å². The van der Waals surface area contributed by atoms with Crippen molar-refractivity contribution in [2.45, 2.75) is 19.8 Å². The summed E-state index contributed by atoms with van der Waals surface area (Å²) in [5, 5.41) is 0. The molecule has 0 fully saturated rings. The van der Waals surface area contributed by atoms with Gasteiger partial charge in [-0.3, -0.25) is 0 Å². The van der Waals surface area contributed by atoms with Crippen LogP contribution in [0, 0.1) is 11.9 Å². The molecule has 0 amide bonds. The number of hydrogen-bond acceptors (Lipinski definition) is 0. The van der Waals surface area contributed by atoms with E-state index >= 15 is 0 Å². The average Bonchev–Trinajstić information content (AvgIpc) is 2.30. The highest BCUT2D eigenvalue weighted by atomic mass is 19.1. The van der Waals surface area contributed by atoms with Crippen LogP contribution in [-0.4, -0.2) is 0 Å². The van der Waals surface area contributed by atoms with Crippen molar-refractivity contribution < 1.29 is 4.39 Å². The van der Waals surface area contributed by atoms with Crippen LogP contribution in [0.25, 0.3) is 11.1 Å². The number of halogens is 1. The van der Waals surface area contributed by atoms with Gasteiger partial charge in [-0.15, -0.1) is 0 Å². The molecule has 0 saturated carbocycles. The Bertz CT molecular complexity index is 469. The Labute approximate surface area is 95.7 Å². The zero-order chi connectivity index (χ0) is 11.5. The average molecular weight is 213 g/mol. The normalized spacial score (nSPS) is 10.8. The second kappa shape index (κ2) is 4.48. The summed E-state index contributed by atoms with van der Waals surface area (Å²) in [4.78, 5) is 0. The molecule has 0 heterocycles. The molecule has 0 aliphatic carbocycles. The summed E-state index contributed by atoms with van der Waals surface area (Å²) in [6.45, 7) is 4.30. The molecule has 0 N–H and O–H groups in total. The van der Waals surface area contributed by atoms with E-state index in [-0.39, 0.29) is 5.82 Å². The van der Waals surface area contributed by atoms with E-state index in [1.165, 1.54) is 17.7 Å². The molecule has 0 nitrogen and oxygen atoms in total. The maximum absolute atomic E-state index is 12.9. The molecule has 0 atom stereocenters. The summed E-state index contributed by atoms with van der Waals surface area (Å²) in [7, 11) is 0. The second-order valence-electron chi connectivity index (χ2n) is 4.16. The van der Waals surface area contributed by atoms with E-state index in [0.717, 1.165) is 11.1 Å². The van der Waals surface area contributed by atoms with Crippen molar-refractivity contribution in [3.63, 3.8) is 0 Å². The van der Waals surface area contributed by atoms with Crippen LogP contribution < -0.4 is 0 Å². The van der Waals surface area contributed by atoms with Crippen molar-refractivity contribution >= 4 is 0 Å². The fourth-order valence-electron chi connectivity index (χ4n) is 1.80. The minimum Gasteiger partial charge on any atom is -0.207 e. The molecule has 81 valence electrons. The van der Waals surface area contributed by atoms with E-state index in [0.29, 0.717) is 5.92 Å². The van der Waals surface area contributed by atoms with E-state index < -0.39 is 0 Å². The third-order valence-electron chi connectivity index (χ3n) is 2.64. The molecule has 2 aromatic rings.